The molecule has 1 fully saturated rings. The number of hydrogen-bond donors (Lipinski definition) is 1. The topological polar surface area (TPSA) is 110 Å². The number of nitrogen functional groups attached to an aromatic ring is 1. The largest absolute Gasteiger partial charge is 0.378 e. The van der Waals surface area contributed by atoms with Gasteiger partial charge in [-0.2, -0.15) is 4.98 Å². The lowest BCUT2D eigenvalue weighted by Crippen LogP contribution is -2.38. The highest BCUT2D eigenvalue weighted by Gasteiger charge is 2.31. The second kappa shape index (κ2) is 8.88. The molecule has 0 spiro atoms. The summed E-state index contributed by atoms with van der Waals surface area (Å²) in [5, 5.41) is 0. The number of nitrogens with two attached hydrogens (primary N) is 1. The second-order valence-corrected chi connectivity index (χ2v) is 7.88. The first-order valence-electron chi connectivity index (χ1n) is 10.8. The molecule has 2 N–H and O–H groups in total. The zero-order valence-electron chi connectivity index (χ0n) is 17.8. The van der Waals surface area contributed by atoms with Crippen molar-refractivity contribution in [3.8, 4) is 11.3 Å². The van der Waals surface area contributed by atoms with Crippen LogP contribution in [0.5, 0.6) is 0 Å². The molecule has 0 saturated carbocycles. The van der Waals surface area contributed by atoms with Crippen LogP contribution in [0.2, 0.25) is 0 Å². The molecule has 32 heavy (non-hydrogen) atoms. The van der Waals surface area contributed by atoms with Crippen molar-refractivity contribution < 1.29 is 9.53 Å². The van der Waals surface area contributed by atoms with Crippen molar-refractivity contribution in [1.82, 2.24) is 19.9 Å². The van der Waals surface area contributed by atoms with Gasteiger partial charge >= 0.3 is 0 Å². The Morgan fingerprint density at radius 3 is 2.53 bits per heavy atom. The summed E-state index contributed by atoms with van der Waals surface area (Å²) in [6, 6.07) is 10.1. The Bertz CT molecular complexity index is 1100. The van der Waals surface area contributed by atoms with Gasteiger partial charge in [-0.05, 0) is 18.4 Å². The predicted octanol–water partition coefficient (Wildman–Crippen LogP) is 1.87. The zero-order chi connectivity index (χ0) is 21.9. The standard InChI is InChI=1S/C23H25N7O2/c24-22-25-14-17(15-26-22)20-18-8-9-30(19(31)7-6-16-4-2-1-3-5-16)21(18)28-23(27-20)29-10-12-32-13-11-29/h1-5,14-15H,6-13H2,(H2,24,25,26). The van der Waals surface area contributed by atoms with Crippen molar-refractivity contribution in [2.75, 3.05) is 48.4 Å². The Hall–Kier alpha value is -3.59. The monoisotopic (exact) mass is 431 g/mol. The average Bonchev–Trinajstić information content (AvgIpc) is 3.28. The number of aromatic nitrogens is 4. The molecule has 2 aliphatic rings. The number of benzene rings is 1. The number of carbonyl (C=O) groups excluding carboxylic acids is 1. The molecule has 0 aliphatic carbocycles. The predicted molar refractivity (Wildman–Crippen MR) is 121 cm³/mol. The Morgan fingerprint density at radius 1 is 1.03 bits per heavy atom. The smallest absolute Gasteiger partial charge is 0.228 e. The Balaban J connectivity index is 1.48. The van der Waals surface area contributed by atoms with Crippen LogP contribution in [0.25, 0.3) is 11.3 Å². The van der Waals surface area contributed by atoms with Gasteiger partial charge in [0.15, 0.2) is 0 Å². The van der Waals surface area contributed by atoms with Crippen LogP contribution in [0, 0.1) is 0 Å². The molecule has 0 radical (unpaired) electrons. The molecule has 0 atom stereocenters. The first kappa shape index (κ1) is 20.3. The molecule has 3 aromatic rings. The van der Waals surface area contributed by atoms with Crippen molar-refractivity contribution in [2.45, 2.75) is 19.3 Å². The molecular formula is C23H25N7O2. The first-order chi connectivity index (χ1) is 15.7. The molecule has 164 valence electrons. The molecule has 9 nitrogen and oxygen atoms in total. The lowest BCUT2D eigenvalue weighted by Gasteiger charge is -2.28. The van der Waals surface area contributed by atoms with Crippen molar-refractivity contribution in [1.29, 1.82) is 0 Å². The maximum absolute atomic E-state index is 13.2. The number of nitrogens with zero attached hydrogens (tertiary/aromatic N) is 6. The highest BCUT2D eigenvalue weighted by atomic mass is 16.5. The molecule has 0 unspecified atom stereocenters. The van der Waals surface area contributed by atoms with Gasteiger partial charge < -0.3 is 15.4 Å². The van der Waals surface area contributed by atoms with Crippen LogP contribution >= 0.6 is 0 Å². The van der Waals surface area contributed by atoms with Crippen molar-refractivity contribution in [2.24, 2.45) is 0 Å². The quantitative estimate of drug-likeness (QED) is 0.652. The van der Waals surface area contributed by atoms with Gasteiger partial charge in [0.2, 0.25) is 17.8 Å². The zero-order valence-corrected chi connectivity index (χ0v) is 17.8. The Kier molecular flexibility index (Phi) is 5.64. The lowest BCUT2D eigenvalue weighted by molar-refractivity contribution is -0.118. The summed E-state index contributed by atoms with van der Waals surface area (Å²) >= 11 is 0. The van der Waals surface area contributed by atoms with E-state index in [1.807, 2.05) is 30.3 Å². The minimum absolute atomic E-state index is 0.0683. The number of amides is 1. The van der Waals surface area contributed by atoms with Crippen molar-refractivity contribution in [3.63, 3.8) is 0 Å². The fourth-order valence-corrected chi connectivity index (χ4v) is 4.12. The molecule has 1 aromatic carbocycles. The van der Waals surface area contributed by atoms with E-state index in [0.717, 1.165) is 22.4 Å². The number of anilines is 3. The van der Waals surface area contributed by atoms with Gasteiger partial charge in [-0.1, -0.05) is 30.3 Å². The number of rotatable bonds is 5. The molecule has 1 saturated heterocycles. The van der Waals surface area contributed by atoms with E-state index < -0.39 is 0 Å². The van der Waals surface area contributed by atoms with Crippen LogP contribution in [0.4, 0.5) is 17.7 Å². The third-order valence-corrected chi connectivity index (χ3v) is 5.83. The second-order valence-electron chi connectivity index (χ2n) is 7.88. The maximum Gasteiger partial charge on any atom is 0.228 e. The van der Waals surface area contributed by atoms with Gasteiger partial charge in [-0.25, -0.2) is 15.0 Å². The van der Waals surface area contributed by atoms with Crippen LogP contribution < -0.4 is 15.5 Å². The fourth-order valence-electron chi connectivity index (χ4n) is 4.12. The number of morpholine rings is 1. The van der Waals surface area contributed by atoms with E-state index in [0.29, 0.717) is 63.9 Å². The molecule has 9 heteroatoms. The third kappa shape index (κ3) is 4.11. The first-order valence-corrected chi connectivity index (χ1v) is 10.8. The van der Waals surface area contributed by atoms with Crippen LogP contribution in [-0.4, -0.2) is 58.7 Å². The average molecular weight is 432 g/mol. The molecule has 2 aliphatic heterocycles. The van der Waals surface area contributed by atoms with E-state index in [1.165, 1.54) is 0 Å². The third-order valence-electron chi connectivity index (χ3n) is 5.83. The Morgan fingerprint density at radius 2 is 1.78 bits per heavy atom. The molecule has 2 aromatic heterocycles. The van der Waals surface area contributed by atoms with Crippen LogP contribution in [0.1, 0.15) is 17.5 Å². The fraction of sp³-hybridized carbons (Fsp3) is 0.348. The summed E-state index contributed by atoms with van der Waals surface area (Å²) in [5.41, 5.74) is 9.30. The van der Waals surface area contributed by atoms with E-state index in [4.69, 9.17) is 20.4 Å². The molecular weight excluding hydrogens is 406 g/mol. The normalized spacial score (nSPS) is 15.6. The van der Waals surface area contributed by atoms with Crippen LogP contribution in [-0.2, 0) is 22.4 Å². The molecule has 5 rings (SSSR count). The van der Waals surface area contributed by atoms with E-state index in [2.05, 4.69) is 14.9 Å². The van der Waals surface area contributed by atoms with E-state index >= 15 is 0 Å². The maximum atomic E-state index is 13.2. The van der Waals surface area contributed by atoms with Gasteiger partial charge in [-0.15, -0.1) is 0 Å². The summed E-state index contributed by atoms with van der Waals surface area (Å²) in [6.45, 7) is 3.25. The summed E-state index contributed by atoms with van der Waals surface area (Å²) in [6.07, 6.45) is 5.17. The van der Waals surface area contributed by atoms with Crippen LogP contribution in [0.3, 0.4) is 0 Å². The lowest BCUT2D eigenvalue weighted by atomic mass is 10.1. The number of aryl methyl sites for hydroxylation is 1. The van der Waals surface area contributed by atoms with Gasteiger partial charge in [-0.3, -0.25) is 9.69 Å². The minimum atomic E-state index is 0.0683. The van der Waals surface area contributed by atoms with Gasteiger partial charge in [0.1, 0.15) is 5.82 Å². The van der Waals surface area contributed by atoms with Gasteiger partial charge in [0, 0.05) is 49.6 Å². The van der Waals surface area contributed by atoms with E-state index in [1.54, 1.807) is 17.3 Å². The summed E-state index contributed by atoms with van der Waals surface area (Å²) in [4.78, 5) is 35.0. The number of ether oxygens (including phenoxy) is 1. The highest BCUT2D eigenvalue weighted by molar-refractivity contribution is 5.95. The number of hydrogen-bond acceptors (Lipinski definition) is 8. The summed E-state index contributed by atoms with van der Waals surface area (Å²) < 4.78 is 5.48. The minimum Gasteiger partial charge on any atom is -0.378 e. The van der Waals surface area contributed by atoms with Crippen molar-refractivity contribution in [3.05, 3.63) is 53.9 Å². The van der Waals surface area contributed by atoms with E-state index in [9.17, 15) is 4.79 Å². The summed E-state index contributed by atoms with van der Waals surface area (Å²) in [5.74, 6) is 1.57. The molecule has 1 amide bonds. The number of fused-ring (bicyclic) bond motifs is 1. The van der Waals surface area contributed by atoms with Crippen LogP contribution in [0.15, 0.2) is 42.7 Å². The Labute approximate surface area is 186 Å². The van der Waals surface area contributed by atoms with E-state index in [-0.39, 0.29) is 11.9 Å². The summed E-state index contributed by atoms with van der Waals surface area (Å²) in [7, 11) is 0. The van der Waals surface area contributed by atoms with Gasteiger partial charge in [0.05, 0.1) is 18.9 Å². The molecule has 0 bridgehead atoms. The molecule has 4 heterocycles. The van der Waals surface area contributed by atoms with Crippen molar-refractivity contribution >= 4 is 23.6 Å². The number of carbonyl (C=O) groups is 1. The highest BCUT2D eigenvalue weighted by Crippen LogP contribution is 2.35. The van der Waals surface area contributed by atoms with Gasteiger partial charge in [0.25, 0.3) is 0 Å². The SMILES string of the molecule is Nc1ncc(-c2nc(N3CCOCC3)nc3c2CCN3C(=O)CCc2ccccc2)cn1.